The van der Waals surface area contributed by atoms with E-state index in [1.807, 2.05) is 25.1 Å². The fourth-order valence-electron chi connectivity index (χ4n) is 1.70. The third-order valence-electron chi connectivity index (χ3n) is 2.25. The molecule has 0 radical (unpaired) electrons. The van der Waals surface area contributed by atoms with Gasteiger partial charge in [0.2, 0.25) is 0 Å². The topological polar surface area (TPSA) is 46.5 Å². The smallest absolute Gasteiger partial charge is 0.310 e. The number of hydrogen-bond donors (Lipinski definition) is 1. The molecule has 0 bridgehead atoms. The Hall–Kier alpha value is -1.35. The van der Waals surface area contributed by atoms with Crippen molar-refractivity contribution in [3.63, 3.8) is 0 Å². The molecule has 0 fully saturated rings. The van der Waals surface area contributed by atoms with Crippen LogP contribution in [-0.2, 0) is 22.4 Å². The van der Waals surface area contributed by atoms with Crippen LogP contribution >= 0.6 is 0 Å². The molecule has 0 saturated heterocycles. The lowest BCUT2D eigenvalue weighted by Gasteiger charge is -2.06. The number of esters is 1. The molecule has 0 aromatic heterocycles. The first-order chi connectivity index (χ1) is 7.65. The van der Waals surface area contributed by atoms with Crippen LogP contribution in [0.4, 0.5) is 0 Å². The molecule has 0 unspecified atom stereocenters. The predicted octanol–water partition coefficient (Wildman–Crippen LogP) is 1.64. The number of ether oxygens (including phenoxy) is 1. The second kappa shape index (κ2) is 6.28. The van der Waals surface area contributed by atoms with Gasteiger partial charge in [-0.05, 0) is 31.4 Å². The normalized spacial score (nSPS) is 10.2. The molecule has 3 heteroatoms. The van der Waals surface area contributed by atoms with Gasteiger partial charge in [-0.1, -0.05) is 23.8 Å². The van der Waals surface area contributed by atoms with E-state index in [1.165, 1.54) is 0 Å². The highest BCUT2D eigenvalue weighted by Crippen LogP contribution is 2.11. The standard InChI is InChI=1S/C13H18O3/c1-3-16-13(15)9-12-7-10(2)6-11(8-12)4-5-14/h6-8,14H,3-5,9H2,1-2H3. The largest absolute Gasteiger partial charge is 0.466 e. The average molecular weight is 222 g/mol. The first kappa shape index (κ1) is 12.7. The zero-order valence-corrected chi connectivity index (χ0v) is 9.82. The molecule has 16 heavy (non-hydrogen) atoms. The van der Waals surface area contributed by atoms with Crippen LogP contribution in [0.2, 0.25) is 0 Å². The van der Waals surface area contributed by atoms with Gasteiger partial charge in [-0.15, -0.1) is 0 Å². The summed E-state index contributed by atoms with van der Waals surface area (Å²) in [4.78, 5) is 11.3. The number of aryl methyl sites for hydroxylation is 1. The summed E-state index contributed by atoms with van der Waals surface area (Å²) in [7, 11) is 0. The summed E-state index contributed by atoms with van der Waals surface area (Å²) in [5, 5.41) is 8.88. The van der Waals surface area contributed by atoms with Crippen LogP contribution in [-0.4, -0.2) is 24.3 Å². The van der Waals surface area contributed by atoms with E-state index in [9.17, 15) is 4.79 Å². The van der Waals surface area contributed by atoms with E-state index in [4.69, 9.17) is 9.84 Å². The van der Waals surface area contributed by atoms with Gasteiger partial charge in [-0.2, -0.15) is 0 Å². The molecule has 0 heterocycles. The molecule has 0 saturated carbocycles. The Labute approximate surface area is 96.1 Å². The molecule has 0 aliphatic heterocycles. The zero-order valence-electron chi connectivity index (χ0n) is 9.82. The van der Waals surface area contributed by atoms with E-state index in [0.717, 1.165) is 16.7 Å². The summed E-state index contributed by atoms with van der Waals surface area (Å²) in [6.45, 7) is 4.32. The lowest BCUT2D eigenvalue weighted by atomic mass is 10.0. The van der Waals surface area contributed by atoms with Gasteiger partial charge in [0.25, 0.3) is 0 Å². The SMILES string of the molecule is CCOC(=O)Cc1cc(C)cc(CCO)c1. The fraction of sp³-hybridized carbons (Fsp3) is 0.462. The third-order valence-corrected chi connectivity index (χ3v) is 2.25. The predicted molar refractivity (Wildman–Crippen MR) is 62.3 cm³/mol. The van der Waals surface area contributed by atoms with Crippen molar-refractivity contribution in [3.8, 4) is 0 Å². The molecule has 0 spiro atoms. The van der Waals surface area contributed by atoms with E-state index >= 15 is 0 Å². The summed E-state index contributed by atoms with van der Waals surface area (Å²) in [5.41, 5.74) is 3.11. The molecule has 0 atom stereocenters. The second-order valence-electron chi connectivity index (χ2n) is 3.78. The molecule has 0 amide bonds. The summed E-state index contributed by atoms with van der Waals surface area (Å²) >= 11 is 0. The van der Waals surface area contributed by atoms with Crippen LogP contribution in [0.15, 0.2) is 18.2 Å². The Bertz CT molecular complexity index is 358. The molecule has 0 aliphatic rings. The van der Waals surface area contributed by atoms with E-state index in [-0.39, 0.29) is 12.6 Å². The van der Waals surface area contributed by atoms with Crippen LogP contribution in [0, 0.1) is 6.92 Å². The highest BCUT2D eigenvalue weighted by Gasteiger charge is 2.05. The first-order valence-electron chi connectivity index (χ1n) is 5.51. The maximum Gasteiger partial charge on any atom is 0.310 e. The van der Waals surface area contributed by atoms with Gasteiger partial charge in [0.1, 0.15) is 0 Å². The molecule has 3 nitrogen and oxygen atoms in total. The highest BCUT2D eigenvalue weighted by molar-refractivity contribution is 5.72. The second-order valence-corrected chi connectivity index (χ2v) is 3.78. The highest BCUT2D eigenvalue weighted by atomic mass is 16.5. The maximum absolute atomic E-state index is 11.3. The lowest BCUT2D eigenvalue weighted by molar-refractivity contribution is -0.142. The molecule has 1 aromatic carbocycles. The van der Waals surface area contributed by atoms with Gasteiger partial charge < -0.3 is 9.84 Å². The average Bonchev–Trinajstić information content (AvgIpc) is 2.17. The van der Waals surface area contributed by atoms with Crippen molar-refractivity contribution >= 4 is 5.97 Å². The number of benzene rings is 1. The number of carbonyl (C=O) groups excluding carboxylic acids is 1. The number of aliphatic hydroxyl groups is 1. The molecule has 1 rings (SSSR count). The van der Waals surface area contributed by atoms with Crippen molar-refractivity contribution in [2.75, 3.05) is 13.2 Å². The van der Waals surface area contributed by atoms with E-state index in [2.05, 4.69) is 0 Å². The summed E-state index contributed by atoms with van der Waals surface area (Å²) < 4.78 is 4.90. The van der Waals surface area contributed by atoms with Crippen LogP contribution in [0.3, 0.4) is 0 Å². The van der Waals surface area contributed by atoms with Crippen molar-refractivity contribution in [2.24, 2.45) is 0 Å². The molecular formula is C13H18O3. The van der Waals surface area contributed by atoms with Crippen LogP contribution in [0.1, 0.15) is 23.6 Å². The molecule has 0 aliphatic carbocycles. The van der Waals surface area contributed by atoms with Gasteiger partial charge in [0.05, 0.1) is 13.0 Å². The molecule has 1 aromatic rings. The summed E-state index contributed by atoms with van der Waals surface area (Å²) in [6.07, 6.45) is 0.922. The Morgan fingerprint density at radius 2 is 2.00 bits per heavy atom. The van der Waals surface area contributed by atoms with Crippen LogP contribution in [0.25, 0.3) is 0 Å². The van der Waals surface area contributed by atoms with E-state index in [0.29, 0.717) is 19.4 Å². The minimum atomic E-state index is -0.206. The van der Waals surface area contributed by atoms with Crippen molar-refractivity contribution in [1.29, 1.82) is 0 Å². The van der Waals surface area contributed by atoms with Crippen molar-refractivity contribution < 1.29 is 14.6 Å². The number of rotatable bonds is 5. The third kappa shape index (κ3) is 4.03. The van der Waals surface area contributed by atoms with E-state index < -0.39 is 0 Å². The molecule has 88 valence electrons. The molecular weight excluding hydrogens is 204 g/mol. The Balaban J connectivity index is 2.75. The minimum absolute atomic E-state index is 0.127. The summed E-state index contributed by atoms with van der Waals surface area (Å²) in [6, 6.07) is 5.93. The van der Waals surface area contributed by atoms with Gasteiger partial charge in [-0.25, -0.2) is 0 Å². The lowest BCUT2D eigenvalue weighted by Crippen LogP contribution is -2.08. The van der Waals surface area contributed by atoms with Crippen molar-refractivity contribution in [3.05, 3.63) is 34.9 Å². The van der Waals surface area contributed by atoms with Crippen LogP contribution in [0.5, 0.6) is 0 Å². The van der Waals surface area contributed by atoms with Gasteiger partial charge >= 0.3 is 5.97 Å². The van der Waals surface area contributed by atoms with Crippen molar-refractivity contribution in [1.82, 2.24) is 0 Å². The number of aliphatic hydroxyl groups excluding tert-OH is 1. The summed E-state index contributed by atoms with van der Waals surface area (Å²) in [5.74, 6) is -0.206. The Morgan fingerprint density at radius 3 is 2.62 bits per heavy atom. The van der Waals surface area contributed by atoms with Gasteiger partial charge in [-0.3, -0.25) is 4.79 Å². The van der Waals surface area contributed by atoms with Gasteiger partial charge in [0, 0.05) is 6.61 Å². The van der Waals surface area contributed by atoms with Gasteiger partial charge in [0.15, 0.2) is 0 Å². The van der Waals surface area contributed by atoms with E-state index in [1.54, 1.807) is 6.92 Å². The first-order valence-corrected chi connectivity index (χ1v) is 5.51. The minimum Gasteiger partial charge on any atom is -0.466 e. The number of carbonyl (C=O) groups is 1. The maximum atomic E-state index is 11.3. The fourth-order valence-corrected chi connectivity index (χ4v) is 1.70. The molecule has 1 N–H and O–H groups in total. The van der Waals surface area contributed by atoms with Crippen molar-refractivity contribution in [2.45, 2.75) is 26.7 Å². The Kier molecular flexibility index (Phi) is 4.99. The monoisotopic (exact) mass is 222 g/mol. The zero-order chi connectivity index (χ0) is 12.0. The number of hydrogen-bond acceptors (Lipinski definition) is 3. The van der Waals surface area contributed by atoms with Crippen LogP contribution < -0.4 is 0 Å². The Morgan fingerprint density at radius 1 is 1.31 bits per heavy atom. The quantitative estimate of drug-likeness (QED) is 0.770.